The normalized spacial score (nSPS) is 21.4. The molecule has 1 aromatic carbocycles. The molecule has 0 aromatic heterocycles. The van der Waals surface area contributed by atoms with E-state index in [0.717, 1.165) is 35.0 Å². The van der Waals surface area contributed by atoms with E-state index in [1.54, 1.807) is 30.0 Å². The first-order valence-corrected chi connectivity index (χ1v) is 8.87. The molecule has 0 unspecified atom stereocenters. The van der Waals surface area contributed by atoms with Crippen LogP contribution >= 0.6 is 11.8 Å². The molecule has 1 spiro atoms. The van der Waals surface area contributed by atoms with E-state index in [1.807, 2.05) is 0 Å². The van der Waals surface area contributed by atoms with E-state index in [0.29, 0.717) is 0 Å². The summed E-state index contributed by atoms with van der Waals surface area (Å²) in [5, 5.41) is 15.5. The number of aliphatic imine (C=N–C) groups is 1. The molecule has 1 N–H and O–H groups in total. The molecule has 1 aliphatic heterocycles. The number of benzene rings is 1. The number of nitrogens with one attached hydrogen (secondary N) is 1. The van der Waals surface area contributed by atoms with Crippen molar-refractivity contribution in [3.8, 4) is 0 Å². The van der Waals surface area contributed by atoms with Crippen molar-refractivity contribution in [3.63, 3.8) is 0 Å². The van der Waals surface area contributed by atoms with Crippen molar-refractivity contribution in [2.45, 2.75) is 51.0 Å². The van der Waals surface area contributed by atoms with E-state index in [9.17, 15) is 10.1 Å². The van der Waals surface area contributed by atoms with Gasteiger partial charge in [-0.15, -0.1) is 0 Å². The van der Waals surface area contributed by atoms with E-state index in [4.69, 9.17) is 4.99 Å². The average molecular weight is 319 g/mol. The largest absolute Gasteiger partial charge is 0.358 e. The fourth-order valence-corrected chi connectivity index (χ4v) is 4.49. The van der Waals surface area contributed by atoms with E-state index in [1.165, 1.54) is 25.7 Å². The van der Waals surface area contributed by atoms with Gasteiger partial charge < -0.3 is 5.32 Å². The number of rotatable bonds is 4. The Hall–Kier alpha value is -1.56. The van der Waals surface area contributed by atoms with E-state index < -0.39 is 0 Å². The molecule has 0 amide bonds. The molecule has 1 heterocycles. The van der Waals surface area contributed by atoms with Gasteiger partial charge in [0.1, 0.15) is 0 Å². The van der Waals surface area contributed by atoms with E-state index in [-0.39, 0.29) is 16.1 Å². The Bertz CT molecular complexity index is 609. The molecule has 2 fully saturated rings. The highest BCUT2D eigenvalue weighted by atomic mass is 32.2. The van der Waals surface area contributed by atoms with Gasteiger partial charge in [-0.3, -0.25) is 10.1 Å². The summed E-state index contributed by atoms with van der Waals surface area (Å²) in [5.41, 5.74) is 2.21. The molecule has 118 valence electrons. The van der Waals surface area contributed by atoms with E-state index in [2.05, 4.69) is 12.2 Å². The molecule has 22 heavy (non-hydrogen) atoms. The molecule has 1 aliphatic carbocycles. The summed E-state index contributed by atoms with van der Waals surface area (Å²) in [6.07, 6.45) is 6.79. The third-order valence-electron chi connectivity index (χ3n) is 4.43. The second-order valence-corrected chi connectivity index (χ2v) is 7.10. The standard InChI is InChI=1S/C16H21N3O2S/c1-2-5-12-10-13(19(20)21)6-7-14(12)17-15-18-16(11-22-15)8-3-4-9-16/h6-7,10H,2-5,8-9,11H2,1H3,(H,17,18). The molecule has 0 atom stereocenters. The van der Waals surface area contributed by atoms with Crippen LogP contribution in [0.25, 0.3) is 0 Å². The molecule has 1 saturated heterocycles. The number of non-ortho nitro benzene ring substituents is 1. The highest BCUT2D eigenvalue weighted by molar-refractivity contribution is 8.14. The minimum atomic E-state index is -0.341. The van der Waals surface area contributed by atoms with Gasteiger partial charge in [0, 0.05) is 23.4 Å². The minimum absolute atomic E-state index is 0.145. The zero-order valence-corrected chi connectivity index (χ0v) is 13.6. The Morgan fingerprint density at radius 3 is 2.86 bits per heavy atom. The molecule has 0 bridgehead atoms. The molecule has 1 aromatic rings. The van der Waals surface area contributed by atoms with Gasteiger partial charge in [-0.2, -0.15) is 0 Å². The van der Waals surface area contributed by atoms with Crippen LogP contribution in [-0.4, -0.2) is 21.4 Å². The van der Waals surface area contributed by atoms with Crippen LogP contribution in [0.4, 0.5) is 11.4 Å². The van der Waals surface area contributed by atoms with Crippen molar-refractivity contribution in [3.05, 3.63) is 33.9 Å². The fraction of sp³-hybridized carbons (Fsp3) is 0.562. The Morgan fingerprint density at radius 1 is 1.41 bits per heavy atom. The first-order valence-electron chi connectivity index (χ1n) is 7.89. The summed E-state index contributed by atoms with van der Waals surface area (Å²) in [4.78, 5) is 15.3. The Labute approximate surface area is 134 Å². The molecular formula is C16H21N3O2S. The summed E-state index contributed by atoms with van der Waals surface area (Å²) < 4.78 is 0. The SMILES string of the molecule is CCCc1cc([N+](=O)[O-])ccc1/N=C1\NC2(CCCC2)CS1. The number of amidine groups is 1. The molecule has 5 nitrogen and oxygen atoms in total. The van der Waals surface area contributed by atoms with Gasteiger partial charge in [-0.25, -0.2) is 4.99 Å². The van der Waals surface area contributed by atoms with Crippen LogP contribution in [0.5, 0.6) is 0 Å². The van der Waals surface area contributed by atoms with Gasteiger partial charge in [-0.1, -0.05) is 37.9 Å². The Morgan fingerprint density at radius 2 is 2.18 bits per heavy atom. The first-order chi connectivity index (χ1) is 10.6. The maximum Gasteiger partial charge on any atom is 0.269 e. The minimum Gasteiger partial charge on any atom is -0.358 e. The van der Waals surface area contributed by atoms with Gasteiger partial charge in [0.05, 0.1) is 10.6 Å². The van der Waals surface area contributed by atoms with Gasteiger partial charge in [0.15, 0.2) is 5.17 Å². The second-order valence-electron chi connectivity index (χ2n) is 6.14. The number of aryl methyl sites for hydroxylation is 1. The lowest BCUT2D eigenvalue weighted by Crippen LogP contribution is -2.40. The van der Waals surface area contributed by atoms with Crippen LogP contribution in [-0.2, 0) is 6.42 Å². The summed E-state index contributed by atoms with van der Waals surface area (Å²) in [5.74, 6) is 1.09. The third-order valence-corrected chi connectivity index (χ3v) is 5.60. The molecule has 6 heteroatoms. The first kappa shape index (κ1) is 15.3. The fourth-order valence-electron chi connectivity index (χ4n) is 3.26. The number of hydrogen-bond donors (Lipinski definition) is 1. The number of nitrogens with zero attached hydrogens (tertiary/aromatic N) is 2. The lowest BCUT2D eigenvalue weighted by molar-refractivity contribution is -0.384. The van der Waals surface area contributed by atoms with Crippen LogP contribution < -0.4 is 5.32 Å². The maximum atomic E-state index is 10.9. The number of hydrogen-bond acceptors (Lipinski definition) is 4. The summed E-state index contributed by atoms with van der Waals surface area (Å²) >= 11 is 1.78. The lowest BCUT2D eigenvalue weighted by atomic mass is 10.0. The summed E-state index contributed by atoms with van der Waals surface area (Å²) in [7, 11) is 0. The van der Waals surface area contributed by atoms with Crippen LogP contribution in [0.2, 0.25) is 0 Å². The zero-order chi connectivity index (χ0) is 15.6. The quantitative estimate of drug-likeness (QED) is 0.667. The monoisotopic (exact) mass is 319 g/mol. The predicted octanol–water partition coefficient (Wildman–Crippen LogP) is 4.18. The van der Waals surface area contributed by atoms with Crippen molar-refractivity contribution in [1.82, 2.24) is 5.32 Å². The maximum absolute atomic E-state index is 10.9. The lowest BCUT2D eigenvalue weighted by Gasteiger charge is -2.21. The molecular weight excluding hydrogens is 298 g/mol. The number of nitro benzene ring substituents is 1. The van der Waals surface area contributed by atoms with Crippen LogP contribution in [0.3, 0.4) is 0 Å². The highest BCUT2D eigenvalue weighted by Gasteiger charge is 2.39. The van der Waals surface area contributed by atoms with Gasteiger partial charge in [0.25, 0.3) is 5.69 Å². The van der Waals surface area contributed by atoms with Gasteiger partial charge in [-0.05, 0) is 30.9 Å². The molecule has 2 aliphatic rings. The van der Waals surface area contributed by atoms with Gasteiger partial charge in [0.2, 0.25) is 0 Å². The van der Waals surface area contributed by atoms with Gasteiger partial charge >= 0.3 is 0 Å². The van der Waals surface area contributed by atoms with E-state index >= 15 is 0 Å². The second kappa shape index (κ2) is 6.28. The van der Waals surface area contributed by atoms with Crippen molar-refractivity contribution < 1.29 is 4.92 Å². The molecule has 0 radical (unpaired) electrons. The highest BCUT2D eigenvalue weighted by Crippen LogP contribution is 2.38. The average Bonchev–Trinajstić information content (AvgIpc) is 3.11. The van der Waals surface area contributed by atoms with Crippen molar-refractivity contribution in [2.24, 2.45) is 4.99 Å². The summed E-state index contributed by atoms with van der Waals surface area (Å²) in [6, 6.07) is 4.98. The van der Waals surface area contributed by atoms with Crippen molar-refractivity contribution in [1.29, 1.82) is 0 Å². The smallest absolute Gasteiger partial charge is 0.269 e. The third kappa shape index (κ3) is 3.11. The molecule has 1 saturated carbocycles. The predicted molar refractivity (Wildman–Crippen MR) is 91.0 cm³/mol. The number of nitro groups is 1. The zero-order valence-electron chi connectivity index (χ0n) is 12.8. The van der Waals surface area contributed by atoms with Crippen LogP contribution in [0, 0.1) is 10.1 Å². The van der Waals surface area contributed by atoms with Crippen LogP contribution in [0.15, 0.2) is 23.2 Å². The Balaban J connectivity index is 1.85. The molecule has 3 rings (SSSR count). The van der Waals surface area contributed by atoms with Crippen molar-refractivity contribution >= 4 is 28.3 Å². The number of thioether (sulfide) groups is 1. The Kier molecular flexibility index (Phi) is 4.38. The summed E-state index contributed by atoms with van der Waals surface area (Å²) in [6.45, 7) is 2.08. The topological polar surface area (TPSA) is 67.5 Å². The van der Waals surface area contributed by atoms with Crippen LogP contribution in [0.1, 0.15) is 44.6 Å². The van der Waals surface area contributed by atoms with Crippen molar-refractivity contribution in [2.75, 3.05) is 5.75 Å².